The largest absolute Gasteiger partial charge is 0.480 e. The molecule has 4 unspecified atom stereocenters. The Morgan fingerprint density at radius 1 is 0.765 bits per heavy atom. The van der Waals surface area contributed by atoms with E-state index in [9.17, 15) is 33.9 Å². The number of hydrogen-bond acceptors (Lipinski definition) is 8. The van der Waals surface area contributed by atoms with Gasteiger partial charge in [0, 0.05) is 6.42 Å². The molecule has 0 spiro atoms. The van der Waals surface area contributed by atoms with Crippen LogP contribution in [0.3, 0.4) is 0 Å². The molecule has 0 aliphatic heterocycles. The van der Waals surface area contributed by atoms with Crippen molar-refractivity contribution >= 4 is 35.5 Å². The summed E-state index contributed by atoms with van der Waals surface area (Å²) in [5.41, 5.74) is 16.3. The van der Waals surface area contributed by atoms with E-state index in [0.717, 1.165) is 0 Å². The Balaban J connectivity index is 3.09. The second-order valence-electron chi connectivity index (χ2n) is 7.34. The Kier molecular flexibility index (Phi) is 11.1. The van der Waals surface area contributed by atoms with Crippen LogP contribution in [0, 0.1) is 0 Å². The molecule has 0 fully saturated rings. The van der Waals surface area contributed by atoms with E-state index in [-0.39, 0.29) is 6.42 Å². The van der Waals surface area contributed by atoms with Gasteiger partial charge in [-0.1, -0.05) is 30.3 Å². The summed E-state index contributed by atoms with van der Waals surface area (Å²) < 4.78 is 0. The predicted molar refractivity (Wildman–Crippen MR) is 116 cm³/mol. The Morgan fingerprint density at radius 2 is 1.26 bits per heavy atom. The Labute approximate surface area is 194 Å². The highest BCUT2D eigenvalue weighted by atomic mass is 16.4. The molecule has 14 heteroatoms. The fraction of sp³-hybridized carbons (Fsp3) is 0.400. The maximum atomic E-state index is 12.8. The summed E-state index contributed by atoms with van der Waals surface area (Å²) in [7, 11) is 0. The normalized spacial score (nSPS) is 14.1. The number of carbonyl (C=O) groups excluding carboxylic acids is 5. The van der Waals surface area contributed by atoms with E-state index in [1.807, 2.05) is 0 Å². The quantitative estimate of drug-likeness (QED) is 0.128. The standard InChI is InChI=1S/C20H28N6O8/c21-11(7-15(22)28)17(30)24-13(8-16(23)29)19(32)25-12(6-10-4-2-1-3-5-10)18(31)26-14(9-27)20(33)34/h1-5,11-14,27H,6-9,21H2,(H2,22,28)(H2,23,29)(H,24,30)(H,25,32)(H,26,31)(H,33,34). The molecule has 0 saturated carbocycles. The molecule has 0 bridgehead atoms. The molecule has 0 aliphatic rings. The molecular formula is C20H28N6O8. The van der Waals surface area contributed by atoms with Gasteiger partial charge in [-0.2, -0.15) is 0 Å². The van der Waals surface area contributed by atoms with Crippen LogP contribution in [0.15, 0.2) is 30.3 Å². The van der Waals surface area contributed by atoms with Crippen molar-refractivity contribution in [2.24, 2.45) is 17.2 Å². The zero-order valence-electron chi connectivity index (χ0n) is 18.1. The second-order valence-corrected chi connectivity index (χ2v) is 7.34. The van der Waals surface area contributed by atoms with Gasteiger partial charge in [-0.25, -0.2) is 4.79 Å². The smallest absolute Gasteiger partial charge is 0.328 e. The van der Waals surface area contributed by atoms with Gasteiger partial charge in [-0.05, 0) is 5.56 Å². The molecule has 34 heavy (non-hydrogen) atoms. The minimum absolute atomic E-state index is 0.0887. The van der Waals surface area contributed by atoms with E-state index >= 15 is 0 Å². The molecule has 0 heterocycles. The number of benzene rings is 1. The maximum Gasteiger partial charge on any atom is 0.328 e. The summed E-state index contributed by atoms with van der Waals surface area (Å²) in [5, 5.41) is 24.9. The van der Waals surface area contributed by atoms with Crippen molar-refractivity contribution < 1.29 is 39.0 Å². The molecule has 186 valence electrons. The molecule has 1 rings (SSSR count). The number of aliphatic carboxylic acids is 1. The highest BCUT2D eigenvalue weighted by Gasteiger charge is 2.31. The van der Waals surface area contributed by atoms with Crippen LogP contribution in [0.1, 0.15) is 18.4 Å². The first-order chi connectivity index (χ1) is 15.9. The molecule has 4 atom stereocenters. The number of carbonyl (C=O) groups is 6. The van der Waals surface area contributed by atoms with E-state index in [4.69, 9.17) is 22.3 Å². The molecule has 0 aromatic heterocycles. The predicted octanol–water partition coefficient (Wildman–Crippen LogP) is -4.16. The number of primary amides is 2. The lowest BCUT2D eigenvalue weighted by Gasteiger charge is -2.24. The van der Waals surface area contributed by atoms with Gasteiger partial charge < -0.3 is 43.4 Å². The Bertz CT molecular complexity index is 910. The van der Waals surface area contributed by atoms with E-state index in [1.165, 1.54) is 0 Å². The molecule has 1 aromatic rings. The van der Waals surface area contributed by atoms with Gasteiger partial charge in [-0.15, -0.1) is 0 Å². The van der Waals surface area contributed by atoms with E-state index in [2.05, 4.69) is 16.0 Å². The van der Waals surface area contributed by atoms with Crippen molar-refractivity contribution in [3.8, 4) is 0 Å². The van der Waals surface area contributed by atoms with E-state index in [0.29, 0.717) is 5.56 Å². The summed E-state index contributed by atoms with van der Waals surface area (Å²) in [4.78, 5) is 71.3. The highest BCUT2D eigenvalue weighted by molar-refractivity contribution is 5.97. The van der Waals surface area contributed by atoms with Crippen LogP contribution in [0.4, 0.5) is 0 Å². The van der Waals surface area contributed by atoms with E-state index < -0.39 is 79.1 Å². The van der Waals surface area contributed by atoms with Crippen molar-refractivity contribution in [1.29, 1.82) is 0 Å². The van der Waals surface area contributed by atoms with Crippen molar-refractivity contribution in [2.75, 3.05) is 6.61 Å². The van der Waals surface area contributed by atoms with Crippen LogP contribution in [0.2, 0.25) is 0 Å². The van der Waals surface area contributed by atoms with Crippen LogP contribution < -0.4 is 33.2 Å². The van der Waals surface area contributed by atoms with Crippen LogP contribution in [0.5, 0.6) is 0 Å². The first-order valence-corrected chi connectivity index (χ1v) is 10.1. The van der Waals surface area contributed by atoms with E-state index in [1.54, 1.807) is 30.3 Å². The molecule has 1 aromatic carbocycles. The third-order valence-electron chi connectivity index (χ3n) is 4.51. The lowest BCUT2D eigenvalue weighted by Crippen LogP contribution is -2.58. The minimum Gasteiger partial charge on any atom is -0.480 e. The lowest BCUT2D eigenvalue weighted by molar-refractivity contribution is -0.143. The first kappa shape index (κ1) is 28.0. The summed E-state index contributed by atoms with van der Waals surface area (Å²) in [6.07, 6.45) is -1.27. The number of amides is 5. The molecule has 11 N–H and O–H groups in total. The average molecular weight is 480 g/mol. The van der Waals surface area contributed by atoms with Crippen molar-refractivity contribution in [2.45, 2.75) is 43.4 Å². The molecule has 0 radical (unpaired) electrons. The van der Waals surface area contributed by atoms with Crippen LogP contribution in [-0.4, -0.2) is 76.5 Å². The summed E-state index contributed by atoms with van der Waals surface area (Å²) >= 11 is 0. The monoisotopic (exact) mass is 480 g/mol. The summed E-state index contributed by atoms with van der Waals surface area (Å²) in [6.45, 7) is -0.898. The molecule has 5 amide bonds. The highest BCUT2D eigenvalue weighted by Crippen LogP contribution is 2.06. The molecule has 0 aliphatic carbocycles. The van der Waals surface area contributed by atoms with Crippen LogP contribution in [0.25, 0.3) is 0 Å². The zero-order valence-corrected chi connectivity index (χ0v) is 18.1. The average Bonchev–Trinajstić information content (AvgIpc) is 2.75. The number of hydrogen-bond donors (Lipinski definition) is 8. The maximum absolute atomic E-state index is 12.8. The summed E-state index contributed by atoms with van der Waals surface area (Å²) in [6, 6.07) is 2.44. The fourth-order valence-corrected chi connectivity index (χ4v) is 2.79. The number of rotatable bonds is 14. The topological polar surface area (TPSA) is 257 Å². The van der Waals surface area contributed by atoms with Crippen molar-refractivity contribution in [1.82, 2.24) is 16.0 Å². The number of aliphatic hydroxyl groups excluding tert-OH is 1. The third kappa shape index (κ3) is 9.62. The second kappa shape index (κ2) is 13.5. The van der Waals surface area contributed by atoms with Gasteiger partial charge in [0.05, 0.1) is 25.5 Å². The number of carboxylic acids is 1. The Hall–Kier alpha value is -4.04. The van der Waals surface area contributed by atoms with Gasteiger partial charge in [0.15, 0.2) is 0 Å². The number of nitrogens with two attached hydrogens (primary N) is 3. The lowest BCUT2D eigenvalue weighted by atomic mass is 10.0. The molecule has 14 nitrogen and oxygen atoms in total. The number of aliphatic hydroxyl groups is 1. The zero-order chi connectivity index (χ0) is 25.8. The minimum atomic E-state index is -1.63. The van der Waals surface area contributed by atoms with Crippen LogP contribution in [-0.2, 0) is 35.2 Å². The number of nitrogens with one attached hydrogen (secondary N) is 3. The third-order valence-corrected chi connectivity index (χ3v) is 4.51. The summed E-state index contributed by atoms with van der Waals surface area (Å²) in [5.74, 6) is -6.22. The van der Waals surface area contributed by atoms with Crippen molar-refractivity contribution in [3.05, 3.63) is 35.9 Å². The van der Waals surface area contributed by atoms with Gasteiger partial charge in [0.1, 0.15) is 18.1 Å². The van der Waals surface area contributed by atoms with Gasteiger partial charge >= 0.3 is 5.97 Å². The van der Waals surface area contributed by atoms with Gasteiger partial charge in [0.25, 0.3) is 0 Å². The van der Waals surface area contributed by atoms with Gasteiger partial charge in [-0.3, -0.25) is 24.0 Å². The van der Waals surface area contributed by atoms with Crippen molar-refractivity contribution in [3.63, 3.8) is 0 Å². The molecular weight excluding hydrogens is 452 g/mol. The Morgan fingerprint density at radius 3 is 1.76 bits per heavy atom. The molecule has 0 saturated heterocycles. The van der Waals surface area contributed by atoms with Crippen LogP contribution >= 0.6 is 0 Å². The number of carboxylic acid groups (broad SMARTS) is 1. The SMILES string of the molecule is NC(=O)CC(N)C(=O)NC(CC(N)=O)C(=O)NC(Cc1ccccc1)C(=O)NC(CO)C(=O)O. The fourth-order valence-electron chi connectivity index (χ4n) is 2.79. The van der Waals surface area contributed by atoms with Gasteiger partial charge in [0.2, 0.25) is 29.5 Å². The first-order valence-electron chi connectivity index (χ1n) is 10.1.